The van der Waals surface area contributed by atoms with Crippen molar-refractivity contribution in [2.75, 3.05) is 42.7 Å². The molecular weight excluding hydrogens is 1080 g/mol. The highest BCUT2D eigenvalue weighted by Gasteiger charge is 2.36. The van der Waals surface area contributed by atoms with Crippen LogP contribution in [-0.4, -0.2) is 112 Å². The summed E-state index contributed by atoms with van der Waals surface area (Å²) in [5.41, 5.74) is 5.39. The molecule has 0 radical (unpaired) electrons. The predicted octanol–water partition coefficient (Wildman–Crippen LogP) is 5.79. The van der Waals surface area contributed by atoms with Gasteiger partial charge in [0.1, 0.15) is 16.6 Å². The Morgan fingerprint density at radius 2 is 1.02 bits per heavy atom. The van der Waals surface area contributed by atoms with Crippen molar-refractivity contribution in [1.29, 1.82) is 0 Å². The predicted molar refractivity (Wildman–Crippen MR) is 299 cm³/mol. The molecule has 0 aliphatic carbocycles. The van der Waals surface area contributed by atoms with E-state index in [1.54, 1.807) is 182 Å². The topological polar surface area (TPSA) is 313 Å². The quantitative estimate of drug-likeness (QED) is 0.0174. The Morgan fingerprint density at radius 1 is 0.561 bits per heavy atom. The molecule has 4 amide bonds. The van der Waals surface area contributed by atoms with Gasteiger partial charge in [-0.3, -0.25) is 42.5 Å². The zero-order valence-corrected chi connectivity index (χ0v) is 45.2. The van der Waals surface area contributed by atoms with E-state index < -0.39 is 35.7 Å². The maximum absolute atomic E-state index is 12.0. The first-order valence-corrected chi connectivity index (χ1v) is 25.2. The number of carbonyl (C=O) groups excluding carboxylic acids is 8. The summed E-state index contributed by atoms with van der Waals surface area (Å²) in [6.07, 6.45) is 17.8. The van der Waals surface area contributed by atoms with Crippen molar-refractivity contribution < 1.29 is 57.3 Å². The third-order valence-electron chi connectivity index (χ3n) is 11.1. The van der Waals surface area contributed by atoms with Crippen molar-refractivity contribution >= 4 is 70.1 Å². The highest BCUT2D eigenvalue weighted by atomic mass is 35.5. The van der Waals surface area contributed by atoms with Gasteiger partial charge >= 0.3 is 23.9 Å². The molecule has 0 saturated carbocycles. The molecule has 2 aliphatic heterocycles. The molecule has 9 heterocycles. The van der Waals surface area contributed by atoms with Crippen LogP contribution in [0.25, 0.3) is 11.0 Å². The fourth-order valence-electron chi connectivity index (χ4n) is 7.27. The number of benzene rings is 2. The second kappa shape index (κ2) is 29.3. The third kappa shape index (κ3) is 14.9. The fraction of sp³-hybridized carbons (Fsp3) is 0.143. The summed E-state index contributed by atoms with van der Waals surface area (Å²) in [6, 6.07) is 31.3. The van der Waals surface area contributed by atoms with Gasteiger partial charge in [0.25, 0.3) is 23.6 Å². The number of nitrogens with zero attached hydrogens (tertiary/aromatic N) is 8. The van der Waals surface area contributed by atoms with E-state index in [9.17, 15) is 43.2 Å². The lowest BCUT2D eigenvalue weighted by atomic mass is 10.1. The number of hydrogen-bond donors (Lipinski definition) is 4. The van der Waals surface area contributed by atoms with Crippen LogP contribution in [-0.2, 0) is 28.5 Å². The van der Waals surface area contributed by atoms with E-state index in [4.69, 9.17) is 42.2 Å². The average Bonchev–Trinajstić information content (AvgIpc) is 4.12. The average molecular weight is 1140 g/mol. The molecule has 424 valence electrons. The first-order valence-electron chi connectivity index (χ1n) is 24.9. The number of ether oxygens (including phenoxy) is 4. The SMILES string of the molecule is CCOC(=O)C(=CNn1cccc1)C(=O)OCC.CCOC(=O)c1c[nH]n2cccc2c1=O.CCOC(=O)c1cnn2cccc2c1Cl.NN1C(=O)c2ccccc2C1=O.Nn1cccc1.O=C1c2ccccc2C(=O)N1n1cccc1. The van der Waals surface area contributed by atoms with Crippen LogP contribution < -0.4 is 27.5 Å². The van der Waals surface area contributed by atoms with E-state index >= 15 is 0 Å². The number of imide groups is 2. The van der Waals surface area contributed by atoms with Crippen molar-refractivity contribution in [1.82, 2.24) is 38.3 Å². The molecule has 2 aliphatic rings. The normalized spacial score (nSPS) is 11.6. The van der Waals surface area contributed by atoms with Crippen LogP contribution in [0, 0.1) is 0 Å². The molecule has 0 atom stereocenters. The Bertz CT molecular complexity index is 3680. The number of hydrogen-bond acceptors (Lipinski definition) is 17. The zero-order chi connectivity index (χ0) is 59.3. The highest BCUT2D eigenvalue weighted by molar-refractivity contribution is 6.36. The van der Waals surface area contributed by atoms with E-state index in [1.165, 1.54) is 27.9 Å². The van der Waals surface area contributed by atoms with E-state index in [2.05, 4.69) is 15.6 Å². The minimum absolute atomic E-state index is 0.0306. The first-order chi connectivity index (χ1) is 39.6. The molecule has 0 saturated heterocycles. The Hall–Kier alpha value is -10.8. The Kier molecular flexibility index (Phi) is 21.6. The van der Waals surface area contributed by atoms with Gasteiger partial charge in [0, 0.05) is 62.0 Å². The number of aromatic amines is 1. The number of amides is 4. The van der Waals surface area contributed by atoms with Crippen molar-refractivity contribution in [2.24, 2.45) is 5.84 Å². The van der Waals surface area contributed by atoms with E-state index in [1.807, 2.05) is 18.2 Å². The minimum Gasteiger partial charge on any atom is -0.462 e. The number of H-pyrrole nitrogens is 1. The number of halogens is 1. The van der Waals surface area contributed by atoms with E-state index in [-0.39, 0.29) is 48.2 Å². The highest BCUT2D eigenvalue weighted by Crippen LogP contribution is 2.23. The lowest BCUT2D eigenvalue weighted by Crippen LogP contribution is -2.38. The standard InChI is InChI=1S/C12H16N2O4.C12H8N2O2.C10H9ClN2O2.C10H10N2O3.C8H6N2O2.C4H6N2/c1-3-17-11(15)10(12(16)18-4-2)9-13-14-7-5-6-8-14;15-11-9-5-1-2-6-10(9)12(16)14(11)13-7-3-4-8-13;1-2-15-10(14)7-6-12-13-5-3-4-8(13)9(7)11;1-2-15-10(14)7-6-11-12-5-3-4-8(12)9(7)13;9-10-7(11)5-3-1-2-4-6(5)8(10)12;5-6-3-1-2-4-6/h5-9,13H,3-4H2,1-2H3;1-8H;3-6H,2H2,1H3;3-6,11H,2H2,1H3;1-4H,9H2;1-4H,5H2. The van der Waals surface area contributed by atoms with Crippen LogP contribution in [0.3, 0.4) is 0 Å². The lowest BCUT2D eigenvalue weighted by molar-refractivity contribution is -0.146. The lowest BCUT2D eigenvalue weighted by Gasteiger charge is -2.14. The summed E-state index contributed by atoms with van der Waals surface area (Å²) in [6.45, 7) is 7.74. The van der Waals surface area contributed by atoms with Gasteiger partial charge in [-0.1, -0.05) is 35.9 Å². The van der Waals surface area contributed by atoms with Crippen LogP contribution in [0.4, 0.5) is 0 Å². The van der Waals surface area contributed by atoms with Gasteiger partial charge in [-0.25, -0.2) is 34.5 Å². The molecule has 26 heteroatoms. The second-order valence-corrected chi connectivity index (χ2v) is 16.7. The summed E-state index contributed by atoms with van der Waals surface area (Å²) < 4.78 is 26.9. The number of nitrogens with two attached hydrogens (primary N) is 2. The number of aromatic nitrogens is 7. The molecule has 0 spiro atoms. The molecule has 9 aromatic rings. The maximum atomic E-state index is 12.0. The maximum Gasteiger partial charge on any atom is 0.347 e. The molecule has 6 N–H and O–H groups in total. The van der Waals surface area contributed by atoms with Crippen LogP contribution in [0.5, 0.6) is 0 Å². The Labute approximate surface area is 471 Å². The van der Waals surface area contributed by atoms with E-state index in [0.717, 1.165) is 5.01 Å². The number of carbonyl (C=O) groups is 8. The van der Waals surface area contributed by atoms with Crippen LogP contribution in [0.1, 0.15) is 89.8 Å². The molecule has 25 nitrogen and oxygen atoms in total. The fourth-order valence-corrected chi connectivity index (χ4v) is 7.54. The molecule has 82 heavy (non-hydrogen) atoms. The summed E-state index contributed by atoms with van der Waals surface area (Å²) in [5.74, 6) is 6.50. The number of rotatable bonds is 11. The summed E-state index contributed by atoms with van der Waals surface area (Å²) in [4.78, 5) is 104. The number of esters is 4. The van der Waals surface area contributed by atoms with E-state index in [0.29, 0.717) is 55.5 Å². The molecule has 0 unspecified atom stereocenters. The summed E-state index contributed by atoms with van der Waals surface area (Å²) >= 11 is 6.05. The van der Waals surface area contributed by atoms with Gasteiger partial charge in [0.15, 0.2) is 5.57 Å². The zero-order valence-electron chi connectivity index (χ0n) is 44.5. The number of nitrogen functional groups attached to an aromatic ring is 1. The van der Waals surface area contributed by atoms with Gasteiger partial charge in [-0.05, 0) is 113 Å². The smallest absolute Gasteiger partial charge is 0.347 e. The molecular formula is C56H55ClN12O13. The number of fused-ring (bicyclic) bond motifs is 4. The summed E-state index contributed by atoms with van der Waals surface area (Å²) in [7, 11) is 0. The van der Waals surface area contributed by atoms with Crippen LogP contribution >= 0.6 is 11.6 Å². The van der Waals surface area contributed by atoms with Crippen molar-refractivity contribution in [2.45, 2.75) is 27.7 Å². The number of hydrazine groups is 1. The van der Waals surface area contributed by atoms with Crippen LogP contribution in [0.2, 0.25) is 5.02 Å². The molecule has 0 bridgehead atoms. The van der Waals surface area contributed by atoms with Crippen molar-refractivity contribution in [3.8, 4) is 0 Å². The van der Waals surface area contributed by atoms with Gasteiger partial charge in [0.05, 0.1) is 65.4 Å². The Balaban J connectivity index is 0.000000161. The molecule has 7 aromatic heterocycles. The molecule has 0 fully saturated rings. The second-order valence-electron chi connectivity index (χ2n) is 16.3. The monoisotopic (exact) mass is 1140 g/mol. The van der Waals surface area contributed by atoms with Gasteiger partial charge < -0.3 is 35.3 Å². The van der Waals surface area contributed by atoms with Crippen molar-refractivity contribution in [3.63, 3.8) is 0 Å². The van der Waals surface area contributed by atoms with Gasteiger partial charge in [-0.2, -0.15) is 10.1 Å². The Morgan fingerprint density at radius 3 is 1.52 bits per heavy atom. The van der Waals surface area contributed by atoms with Crippen LogP contribution in [0.15, 0.2) is 188 Å². The summed E-state index contributed by atoms with van der Waals surface area (Å²) in [5, 5.41) is 8.96. The largest absolute Gasteiger partial charge is 0.462 e. The molecule has 2 aromatic carbocycles. The third-order valence-corrected chi connectivity index (χ3v) is 11.5. The number of nitrogens with one attached hydrogen (secondary N) is 2. The minimum atomic E-state index is -0.712. The first kappa shape index (κ1) is 60.4. The van der Waals surface area contributed by atoms with Gasteiger partial charge in [0.2, 0.25) is 5.43 Å². The van der Waals surface area contributed by atoms with Gasteiger partial charge in [-0.15, -0.1) is 0 Å². The molecule has 11 rings (SSSR count). The van der Waals surface area contributed by atoms with Crippen molar-refractivity contribution in [3.05, 3.63) is 232 Å².